The van der Waals surface area contributed by atoms with Gasteiger partial charge in [-0.2, -0.15) is 13.2 Å². The van der Waals surface area contributed by atoms with Crippen LogP contribution in [0.1, 0.15) is 12.7 Å². The lowest BCUT2D eigenvalue weighted by molar-refractivity contribution is -0.0327. The van der Waals surface area contributed by atoms with Gasteiger partial charge in [0.1, 0.15) is 17.5 Å². The second-order valence-electron chi connectivity index (χ2n) is 3.17. The number of aryl methyl sites for hydroxylation is 1. The van der Waals surface area contributed by atoms with Gasteiger partial charge in [0.15, 0.2) is 0 Å². The lowest BCUT2D eigenvalue weighted by Crippen LogP contribution is -2.11. The van der Waals surface area contributed by atoms with E-state index in [2.05, 4.69) is 15.3 Å². The number of anilines is 2. The highest BCUT2D eigenvalue weighted by atomic mass is 32.2. The number of alkyl halides is 3. The lowest BCUT2D eigenvalue weighted by atomic mass is 10.4. The largest absolute Gasteiger partial charge is 0.441 e. The normalized spacial score (nSPS) is 11.5. The average Bonchev–Trinajstić information content (AvgIpc) is 2.22. The number of nitrogens with zero attached hydrogens (tertiary/aromatic N) is 2. The quantitative estimate of drug-likeness (QED) is 0.800. The molecule has 17 heavy (non-hydrogen) atoms. The highest BCUT2D eigenvalue weighted by Gasteiger charge is 2.27. The van der Waals surface area contributed by atoms with Gasteiger partial charge in [0.05, 0.1) is 0 Å². The fourth-order valence-electron chi connectivity index (χ4n) is 1.11. The average molecular weight is 266 g/mol. The second-order valence-corrected chi connectivity index (χ2v) is 4.33. The van der Waals surface area contributed by atoms with Crippen LogP contribution in [0.4, 0.5) is 24.8 Å². The van der Waals surface area contributed by atoms with Crippen LogP contribution in [-0.2, 0) is 6.42 Å². The van der Waals surface area contributed by atoms with Crippen molar-refractivity contribution in [1.82, 2.24) is 9.97 Å². The summed E-state index contributed by atoms with van der Waals surface area (Å²) in [6.07, 6.45) is 0.622. The van der Waals surface area contributed by atoms with E-state index in [-0.39, 0.29) is 24.1 Å². The Balaban J connectivity index is 2.44. The maximum atomic E-state index is 11.9. The molecule has 1 heterocycles. The Kier molecular flexibility index (Phi) is 4.86. The zero-order chi connectivity index (χ0) is 12.9. The third-order valence-corrected chi connectivity index (χ3v) is 2.52. The molecule has 0 unspecified atom stereocenters. The minimum atomic E-state index is -4.19. The first-order valence-electron chi connectivity index (χ1n) is 4.98. The SMILES string of the molecule is CCc1nc(N)cc(NCCSC(F)(F)F)n1. The minimum Gasteiger partial charge on any atom is -0.384 e. The molecule has 0 aliphatic carbocycles. The van der Waals surface area contributed by atoms with Gasteiger partial charge in [0.2, 0.25) is 0 Å². The maximum absolute atomic E-state index is 11.9. The van der Waals surface area contributed by atoms with E-state index in [9.17, 15) is 13.2 Å². The summed E-state index contributed by atoms with van der Waals surface area (Å²) in [4.78, 5) is 8.05. The third kappa shape index (κ3) is 5.62. The molecule has 0 aliphatic heterocycles. The van der Waals surface area contributed by atoms with Crippen molar-refractivity contribution < 1.29 is 13.2 Å². The van der Waals surface area contributed by atoms with Gasteiger partial charge in [0.25, 0.3) is 0 Å². The van der Waals surface area contributed by atoms with Gasteiger partial charge in [-0.3, -0.25) is 0 Å². The maximum Gasteiger partial charge on any atom is 0.441 e. The number of nitrogen functional groups attached to an aromatic ring is 1. The van der Waals surface area contributed by atoms with Gasteiger partial charge in [-0.15, -0.1) is 0 Å². The first-order chi connectivity index (χ1) is 7.90. The van der Waals surface area contributed by atoms with Gasteiger partial charge in [0, 0.05) is 24.8 Å². The first kappa shape index (κ1) is 13.9. The zero-order valence-corrected chi connectivity index (χ0v) is 10.0. The van der Waals surface area contributed by atoms with Gasteiger partial charge in [-0.25, -0.2) is 9.97 Å². The van der Waals surface area contributed by atoms with E-state index in [1.165, 1.54) is 6.07 Å². The molecule has 0 aliphatic rings. The second kappa shape index (κ2) is 5.95. The summed E-state index contributed by atoms with van der Waals surface area (Å²) in [5, 5.41) is 2.78. The number of rotatable bonds is 5. The minimum absolute atomic E-state index is 0.0702. The molecule has 4 nitrogen and oxygen atoms in total. The topological polar surface area (TPSA) is 63.8 Å². The van der Waals surface area contributed by atoms with Crippen molar-refractivity contribution in [2.24, 2.45) is 0 Å². The van der Waals surface area contributed by atoms with Crippen LogP contribution in [0, 0.1) is 0 Å². The van der Waals surface area contributed by atoms with Crippen LogP contribution in [0.3, 0.4) is 0 Å². The molecule has 1 rings (SSSR count). The highest BCUT2D eigenvalue weighted by molar-refractivity contribution is 8.00. The Morgan fingerprint density at radius 2 is 2.12 bits per heavy atom. The van der Waals surface area contributed by atoms with Crippen molar-refractivity contribution in [3.63, 3.8) is 0 Å². The molecular weight excluding hydrogens is 253 g/mol. The predicted octanol–water partition coefficient (Wildman–Crippen LogP) is 2.29. The fourth-order valence-corrected chi connectivity index (χ4v) is 1.55. The number of halogens is 3. The molecule has 3 N–H and O–H groups in total. The standard InChI is InChI=1S/C9H13F3N4S/c1-2-7-15-6(13)5-8(16-7)14-3-4-17-9(10,11)12/h5H,2-4H2,1H3,(H3,13,14,15,16). The van der Waals surface area contributed by atoms with Crippen LogP contribution in [0.2, 0.25) is 0 Å². The molecule has 1 aromatic heterocycles. The Bertz CT molecular complexity index is 370. The zero-order valence-electron chi connectivity index (χ0n) is 9.21. The van der Waals surface area contributed by atoms with Gasteiger partial charge in [-0.1, -0.05) is 6.92 Å². The molecular formula is C9H13F3N4S. The van der Waals surface area contributed by atoms with E-state index >= 15 is 0 Å². The third-order valence-electron chi connectivity index (χ3n) is 1.78. The summed E-state index contributed by atoms with van der Waals surface area (Å²) in [5.74, 6) is 1.26. The van der Waals surface area contributed by atoms with E-state index in [0.29, 0.717) is 23.9 Å². The van der Waals surface area contributed by atoms with E-state index < -0.39 is 5.51 Å². The monoisotopic (exact) mass is 266 g/mol. The summed E-state index contributed by atoms with van der Waals surface area (Å²) >= 11 is -0.0702. The van der Waals surface area contributed by atoms with Gasteiger partial charge < -0.3 is 11.1 Å². The lowest BCUT2D eigenvalue weighted by Gasteiger charge is -2.08. The molecule has 0 saturated heterocycles. The van der Waals surface area contributed by atoms with Gasteiger partial charge in [-0.05, 0) is 11.8 Å². The Hall–Kier alpha value is -1.18. The van der Waals surface area contributed by atoms with Crippen LogP contribution in [-0.4, -0.2) is 27.8 Å². The van der Waals surface area contributed by atoms with Crippen LogP contribution in [0.15, 0.2) is 6.07 Å². The molecule has 0 bridgehead atoms. The van der Waals surface area contributed by atoms with Crippen molar-refractivity contribution >= 4 is 23.4 Å². The Labute approximate surface area is 101 Å². The molecule has 8 heteroatoms. The van der Waals surface area contributed by atoms with E-state index in [1.54, 1.807) is 0 Å². The van der Waals surface area contributed by atoms with E-state index in [1.807, 2.05) is 6.92 Å². The van der Waals surface area contributed by atoms with Crippen molar-refractivity contribution in [2.45, 2.75) is 18.9 Å². The molecule has 0 aromatic carbocycles. The number of hydrogen-bond donors (Lipinski definition) is 2. The smallest absolute Gasteiger partial charge is 0.384 e. The van der Waals surface area contributed by atoms with Crippen LogP contribution in [0.25, 0.3) is 0 Å². The molecule has 96 valence electrons. The molecule has 0 spiro atoms. The van der Waals surface area contributed by atoms with Crippen molar-refractivity contribution in [3.05, 3.63) is 11.9 Å². The number of nitrogens with two attached hydrogens (primary N) is 1. The molecule has 0 amide bonds. The Morgan fingerprint density at radius 3 is 2.71 bits per heavy atom. The van der Waals surface area contributed by atoms with Crippen molar-refractivity contribution in [1.29, 1.82) is 0 Å². The van der Waals surface area contributed by atoms with Crippen molar-refractivity contribution in [3.8, 4) is 0 Å². The molecule has 0 atom stereocenters. The summed E-state index contributed by atoms with van der Waals surface area (Å²) in [7, 11) is 0. The van der Waals surface area contributed by atoms with E-state index in [4.69, 9.17) is 5.73 Å². The molecule has 1 aromatic rings. The van der Waals surface area contributed by atoms with Crippen molar-refractivity contribution in [2.75, 3.05) is 23.3 Å². The summed E-state index contributed by atoms with van der Waals surface area (Å²) in [6.45, 7) is 2.04. The number of thioether (sulfide) groups is 1. The van der Waals surface area contributed by atoms with E-state index in [0.717, 1.165) is 0 Å². The molecule has 0 fully saturated rings. The summed E-state index contributed by atoms with van der Waals surface area (Å²) in [5.41, 5.74) is 1.34. The molecule has 0 saturated carbocycles. The number of nitrogens with one attached hydrogen (secondary N) is 1. The molecule has 0 radical (unpaired) electrons. The highest BCUT2D eigenvalue weighted by Crippen LogP contribution is 2.29. The van der Waals surface area contributed by atoms with Crippen LogP contribution >= 0.6 is 11.8 Å². The summed E-state index contributed by atoms with van der Waals surface area (Å²) < 4.78 is 35.6. The van der Waals surface area contributed by atoms with Crippen LogP contribution in [0.5, 0.6) is 0 Å². The fraction of sp³-hybridized carbons (Fsp3) is 0.556. The Morgan fingerprint density at radius 1 is 1.41 bits per heavy atom. The predicted molar refractivity (Wildman–Crippen MR) is 62.8 cm³/mol. The van der Waals surface area contributed by atoms with Crippen LogP contribution < -0.4 is 11.1 Å². The van der Waals surface area contributed by atoms with Gasteiger partial charge >= 0.3 is 5.51 Å². The first-order valence-corrected chi connectivity index (χ1v) is 5.97. The summed E-state index contributed by atoms with van der Waals surface area (Å²) in [6, 6.07) is 1.50. The number of hydrogen-bond acceptors (Lipinski definition) is 5. The number of aromatic nitrogens is 2.